The van der Waals surface area contributed by atoms with Gasteiger partial charge < -0.3 is 10.1 Å². The molecule has 0 aliphatic carbocycles. The Bertz CT molecular complexity index is 625. The summed E-state index contributed by atoms with van der Waals surface area (Å²) in [5.74, 6) is -1.57. The van der Waals surface area contributed by atoms with Crippen LogP contribution in [-0.4, -0.2) is 29.3 Å². The second kappa shape index (κ2) is 9.48. The van der Waals surface area contributed by atoms with Crippen molar-refractivity contribution < 1.29 is 14.3 Å². The van der Waals surface area contributed by atoms with E-state index in [-0.39, 0.29) is 5.71 Å². The largest absolute Gasteiger partial charge is 0.457 e. The molecule has 23 heavy (non-hydrogen) atoms. The number of hydrogen-bond donors (Lipinski definition) is 1. The molecule has 1 N–H and O–H groups in total. The number of carbonyl (C=O) groups excluding carboxylic acids is 2. The maximum absolute atomic E-state index is 11.9. The minimum absolute atomic E-state index is 0.0498. The Morgan fingerprint density at radius 3 is 2.52 bits per heavy atom. The highest BCUT2D eigenvalue weighted by Crippen LogP contribution is 2.20. The normalized spacial score (nSPS) is 12.8. The van der Waals surface area contributed by atoms with Crippen LogP contribution in [0, 0.1) is 22.7 Å². The zero-order valence-electron chi connectivity index (χ0n) is 12.8. The molecule has 0 fully saturated rings. The Morgan fingerprint density at radius 2 is 2.00 bits per heavy atom. The lowest BCUT2D eigenvalue weighted by molar-refractivity contribution is -0.147. The maximum Gasteiger partial charge on any atom is 0.319 e. The summed E-state index contributed by atoms with van der Waals surface area (Å²) in [6, 6.07) is 9.51. The zero-order chi connectivity index (χ0) is 17.4. The SMILES string of the molecule is CC(=N)[C@@H](C#N)C(=O)COC(=O)[C@H](C)SCc1ccc(Br)cc1. The molecule has 0 aliphatic heterocycles. The minimum Gasteiger partial charge on any atom is -0.457 e. The molecule has 1 aromatic carbocycles. The highest BCUT2D eigenvalue weighted by atomic mass is 79.9. The number of hydrogen-bond acceptors (Lipinski definition) is 6. The third kappa shape index (κ3) is 6.55. The first-order valence-electron chi connectivity index (χ1n) is 6.85. The van der Waals surface area contributed by atoms with E-state index in [0.29, 0.717) is 5.75 Å². The number of nitrogens with zero attached hydrogens (tertiary/aromatic N) is 1. The molecular weight excluding hydrogens is 380 g/mol. The average Bonchev–Trinajstić information content (AvgIpc) is 2.52. The number of Topliss-reactive ketones (excluding diaryl/α,β-unsaturated/α-hetero) is 1. The Kier molecular flexibility index (Phi) is 8.00. The summed E-state index contributed by atoms with van der Waals surface area (Å²) < 4.78 is 5.93. The third-order valence-corrected chi connectivity index (χ3v) is 4.71. The molecular formula is C16H17BrN2O3S. The fraction of sp³-hybridized carbons (Fsp3) is 0.375. The molecule has 0 aromatic heterocycles. The second-order valence-corrected chi connectivity index (χ2v) is 7.14. The smallest absolute Gasteiger partial charge is 0.319 e. The van der Waals surface area contributed by atoms with Crippen molar-refractivity contribution in [3.8, 4) is 6.07 Å². The summed E-state index contributed by atoms with van der Waals surface area (Å²) in [6.45, 7) is 2.61. The number of ether oxygens (including phenoxy) is 1. The van der Waals surface area contributed by atoms with Crippen molar-refractivity contribution in [1.82, 2.24) is 0 Å². The van der Waals surface area contributed by atoms with Crippen molar-refractivity contribution in [2.75, 3.05) is 6.61 Å². The van der Waals surface area contributed by atoms with E-state index in [0.717, 1.165) is 10.0 Å². The van der Waals surface area contributed by atoms with Crippen LogP contribution in [0.1, 0.15) is 19.4 Å². The first-order chi connectivity index (χ1) is 10.8. The molecule has 7 heteroatoms. The number of benzene rings is 1. The van der Waals surface area contributed by atoms with Crippen molar-refractivity contribution in [2.24, 2.45) is 5.92 Å². The average molecular weight is 397 g/mol. The summed E-state index contributed by atoms with van der Waals surface area (Å²) in [5.41, 5.74) is 1.03. The highest BCUT2D eigenvalue weighted by Gasteiger charge is 2.23. The van der Waals surface area contributed by atoms with Crippen LogP contribution >= 0.6 is 27.7 Å². The zero-order valence-corrected chi connectivity index (χ0v) is 15.2. The number of halogens is 1. The van der Waals surface area contributed by atoms with Gasteiger partial charge in [0.25, 0.3) is 0 Å². The van der Waals surface area contributed by atoms with Gasteiger partial charge in [0.05, 0.1) is 11.3 Å². The third-order valence-electron chi connectivity index (χ3n) is 2.99. The van der Waals surface area contributed by atoms with Gasteiger partial charge in [-0.15, -0.1) is 11.8 Å². The predicted octanol–water partition coefficient (Wildman–Crippen LogP) is 3.36. The molecule has 0 amide bonds. The molecule has 122 valence electrons. The van der Waals surface area contributed by atoms with Gasteiger partial charge in [-0.05, 0) is 31.5 Å². The predicted molar refractivity (Wildman–Crippen MR) is 93.4 cm³/mol. The lowest BCUT2D eigenvalue weighted by Gasteiger charge is -2.12. The summed E-state index contributed by atoms with van der Waals surface area (Å²) in [4.78, 5) is 23.6. The van der Waals surface area contributed by atoms with E-state index in [1.54, 1.807) is 13.0 Å². The molecule has 1 aromatic rings. The van der Waals surface area contributed by atoms with Crippen LogP contribution < -0.4 is 0 Å². The number of thioether (sulfide) groups is 1. The second-order valence-electron chi connectivity index (χ2n) is 4.90. The summed E-state index contributed by atoms with van der Waals surface area (Å²) in [7, 11) is 0. The van der Waals surface area contributed by atoms with Crippen molar-refractivity contribution in [2.45, 2.75) is 24.9 Å². The van der Waals surface area contributed by atoms with E-state index >= 15 is 0 Å². The molecule has 1 rings (SSSR count). The van der Waals surface area contributed by atoms with Crippen molar-refractivity contribution in [3.05, 3.63) is 34.3 Å². The topological polar surface area (TPSA) is 91.0 Å². The van der Waals surface area contributed by atoms with Gasteiger partial charge >= 0.3 is 5.97 Å². The van der Waals surface area contributed by atoms with E-state index in [9.17, 15) is 9.59 Å². The van der Waals surface area contributed by atoms with Crippen LogP contribution in [0.25, 0.3) is 0 Å². The first kappa shape index (κ1) is 19.4. The number of nitriles is 1. The molecule has 5 nitrogen and oxygen atoms in total. The lowest BCUT2D eigenvalue weighted by Crippen LogP contribution is -2.27. The van der Waals surface area contributed by atoms with Gasteiger partial charge in [-0.3, -0.25) is 9.59 Å². The molecule has 0 aliphatic rings. The van der Waals surface area contributed by atoms with Crippen LogP contribution in [0.2, 0.25) is 0 Å². The van der Waals surface area contributed by atoms with E-state index in [1.165, 1.54) is 18.7 Å². The monoisotopic (exact) mass is 396 g/mol. The number of esters is 1. The highest BCUT2D eigenvalue weighted by molar-refractivity contribution is 9.10. The Morgan fingerprint density at radius 1 is 1.39 bits per heavy atom. The number of ketones is 1. The van der Waals surface area contributed by atoms with Gasteiger partial charge in [-0.2, -0.15) is 5.26 Å². The summed E-state index contributed by atoms with van der Waals surface area (Å²) in [5, 5.41) is 15.7. The molecule has 0 radical (unpaired) electrons. The van der Waals surface area contributed by atoms with Crippen molar-refractivity contribution in [1.29, 1.82) is 10.7 Å². The summed E-state index contributed by atoms with van der Waals surface area (Å²) in [6.07, 6.45) is 0. The quantitative estimate of drug-likeness (QED) is 0.537. The van der Waals surface area contributed by atoms with Crippen LogP contribution in [0.5, 0.6) is 0 Å². The maximum atomic E-state index is 11.9. The van der Waals surface area contributed by atoms with Gasteiger partial charge in [0, 0.05) is 15.9 Å². The number of nitrogens with one attached hydrogen (secondary N) is 1. The number of rotatable bonds is 8. The first-order valence-corrected chi connectivity index (χ1v) is 8.69. The van der Waals surface area contributed by atoms with Gasteiger partial charge in [-0.1, -0.05) is 28.1 Å². The molecule has 0 unspecified atom stereocenters. The standard InChI is InChI=1S/C16H17BrN2O3S/c1-10(19)14(7-18)15(20)8-22-16(21)11(2)23-9-12-3-5-13(17)6-4-12/h3-6,11,14,19H,8-9H2,1-2H3/t11-,14+/m0/s1. The van der Waals surface area contributed by atoms with E-state index in [1.807, 2.05) is 24.3 Å². The van der Waals surface area contributed by atoms with Gasteiger partial charge in [0.15, 0.2) is 12.4 Å². The molecule has 2 atom stereocenters. The Hall–Kier alpha value is -1.65. The molecule has 0 saturated carbocycles. The van der Waals surface area contributed by atoms with Crippen molar-refractivity contribution >= 4 is 45.2 Å². The molecule has 0 saturated heterocycles. The van der Waals surface area contributed by atoms with E-state index in [4.69, 9.17) is 15.4 Å². The van der Waals surface area contributed by atoms with Crippen LogP contribution in [0.3, 0.4) is 0 Å². The van der Waals surface area contributed by atoms with Crippen molar-refractivity contribution in [3.63, 3.8) is 0 Å². The summed E-state index contributed by atoms with van der Waals surface area (Å²) >= 11 is 4.77. The fourth-order valence-corrected chi connectivity index (χ4v) is 2.73. The minimum atomic E-state index is -1.14. The Balaban J connectivity index is 2.42. The van der Waals surface area contributed by atoms with Gasteiger partial charge in [-0.25, -0.2) is 0 Å². The lowest BCUT2D eigenvalue weighted by atomic mass is 10.0. The molecule has 0 heterocycles. The Labute approximate surface area is 148 Å². The molecule has 0 bridgehead atoms. The molecule has 0 spiro atoms. The fourth-order valence-electron chi connectivity index (χ4n) is 1.62. The van der Waals surface area contributed by atoms with Crippen LogP contribution in [-0.2, 0) is 20.1 Å². The van der Waals surface area contributed by atoms with Gasteiger partial charge in [0.2, 0.25) is 0 Å². The van der Waals surface area contributed by atoms with E-state index < -0.39 is 29.5 Å². The number of carbonyl (C=O) groups is 2. The van der Waals surface area contributed by atoms with Gasteiger partial charge in [0.1, 0.15) is 5.92 Å². The van der Waals surface area contributed by atoms with E-state index in [2.05, 4.69) is 15.9 Å². The van der Waals surface area contributed by atoms with Crippen LogP contribution in [0.15, 0.2) is 28.7 Å². The van der Waals surface area contributed by atoms with Crippen LogP contribution in [0.4, 0.5) is 0 Å².